The molecule has 0 saturated heterocycles. The van der Waals surface area contributed by atoms with Crippen LogP contribution in [-0.4, -0.2) is 60.9 Å². The SMILES string of the molecule is CNC(=O)CSc1cc2nc(c1)CN[C@@H]1CCCC[C@H]1NCCNC1CCCCC1NC2. The summed E-state index contributed by atoms with van der Waals surface area (Å²) >= 11 is 1.59. The highest BCUT2D eigenvalue weighted by Gasteiger charge is 2.26. The molecule has 1 amide bonds. The number of nitrogens with zero attached hydrogens (tertiary/aromatic N) is 1. The van der Waals surface area contributed by atoms with Gasteiger partial charge in [-0.05, 0) is 37.8 Å². The predicted octanol–water partition coefficient (Wildman–Crippen LogP) is 1.91. The Morgan fingerprint density at radius 2 is 1.34 bits per heavy atom. The molecule has 2 unspecified atom stereocenters. The number of aromatic nitrogens is 1. The number of fused-ring (bicyclic) bond motifs is 4. The maximum atomic E-state index is 11.8. The lowest BCUT2D eigenvalue weighted by Gasteiger charge is -2.34. The van der Waals surface area contributed by atoms with E-state index in [9.17, 15) is 4.79 Å². The minimum atomic E-state index is 0.0526. The van der Waals surface area contributed by atoms with E-state index in [1.165, 1.54) is 51.4 Å². The maximum absolute atomic E-state index is 11.8. The van der Waals surface area contributed by atoms with Crippen molar-refractivity contribution in [3.05, 3.63) is 23.5 Å². The highest BCUT2D eigenvalue weighted by atomic mass is 32.2. The smallest absolute Gasteiger partial charge is 0.230 e. The molecule has 7 nitrogen and oxygen atoms in total. The zero-order valence-corrected chi connectivity index (χ0v) is 20.2. The summed E-state index contributed by atoms with van der Waals surface area (Å²) in [4.78, 5) is 17.9. The fourth-order valence-corrected chi connectivity index (χ4v) is 6.21. The predicted molar refractivity (Wildman–Crippen MR) is 131 cm³/mol. The molecular weight excluding hydrogens is 420 g/mol. The van der Waals surface area contributed by atoms with Crippen LogP contribution in [-0.2, 0) is 17.9 Å². The van der Waals surface area contributed by atoms with Gasteiger partial charge in [0, 0.05) is 62.3 Å². The van der Waals surface area contributed by atoms with E-state index in [4.69, 9.17) is 4.98 Å². The van der Waals surface area contributed by atoms with E-state index in [2.05, 4.69) is 38.7 Å². The second-order valence-electron chi connectivity index (χ2n) is 9.41. The van der Waals surface area contributed by atoms with Crippen molar-refractivity contribution in [1.82, 2.24) is 31.6 Å². The van der Waals surface area contributed by atoms with Crippen LogP contribution in [0.1, 0.15) is 62.8 Å². The summed E-state index contributed by atoms with van der Waals surface area (Å²) in [5, 5.41) is 18.0. The summed E-state index contributed by atoms with van der Waals surface area (Å²) in [7, 11) is 1.69. The van der Waals surface area contributed by atoms with Gasteiger partial charge in [-0.1, -0.05) is 25.7 Å². The minimum Gasteiger partial charge on any atom is -0.358 e. The Bertz CT molecular complexity index is 699. The maximum Gasteiger partial charge on any atom is 0.230 e. The molecule has 2 saturated carbocycles. The molecule has 2 aliphatic carbocycles. The molecule has 4 atom stereocenters. The van der Waals surface area contributed by atoms with E-state index in [1.54, 1.807) is 18.8 Å². The van der Waals surface area contributed by atoms with Gasteiger partial charge in [0.2, 0.25) is 5.91 Å². The molecule has 32 heavy (non-hydrogen) atoms. The average molecular weight is 461 g/mol. The molecule has 1 aromatic heterocycles. The van der Waals surface area contributed by atoms with Crippen LogP contribution >= 0.6 is 11.8 Å². The van der Waals surface area contributed by atoms with Crippen molar-refractivity contribution in [1.29, 1.82) is 0 Å². The summed E-state index contributed by atoms with van der Waals surface area (Å²) in [5.41, 5.74) is 2.14. The molecule has 2 heterocycles. The monoisotopic (exact) mass is 460 g/mol. The molecule has 0 spiro atoms. The molecule has 0 aromatic carbocycles. The van der Waals surface area contributed by atoms with Crippen LogP contribution in [0.2, 0.25) is 0 Å². The lowest BCUT2D eigenvalue weighted by Crippen LogP contribution is -2.53. The Labute approximate surface area is 197 Å². The van der Waals surface area contributed by atoms with Gasteiger partial charge in [-0.25, -0.2) is 0 Å². The first-order chi connectivity index (χ1) is 15.7. The van der Waals surface area contributed by atoms with Crippen LogP contribution in [0, 0.1) is 0 Å². The third-order valence-corrected chi connectivity index (χ3v) is 8.09. The number of thioether (sulfide) groups is 1. The van der Waals surface area contributed by atoms with Gasteiger partial charge in [-0.15, -0.1) is 11.8 Å². The summed E-state index contributed by atoms with van der Waals surface area (Å²) in [6.07, 6.45) is 10.1. The first-order valence-corrected chi connectivity index (χ1v) is 13.5. The normalized spacial score (nSPS) is 29.7. The summed E-state index contributed by atoms with van der Waals surface area (Å²) < 4.78 is 0. The summed E-state index contributed by atoms with van der Waals surface area (Å²) in [5.74, 6) is 0.487. The van der Waals surface area contributed by atoms with Gasteiger partial charge >= 0.3 is 0 Å². The second-order valence-corrected chi connectivity index (χ2v) is 10.5. The third-order valence-electron chi connectivity index (χ3n) is 7.11. The zero-order chi connectivity index (χ0) is 22.2. The molecule has 1 aromatic rings. The largest absolute Gasteiger partial charge is 0.358 e. The van der Waals surface area contributed by atoms with Gasteiger partial charge in [0.25, 0.3) is 0 Å². The Morgan fingerprint density at radius 1 is 0.875 bits per heavy atom. The van der Waals surface area contributed by atoms with Crippen LogP contribution in [0.4, 0.5) is 0 Å². The van der Waals surface area contributed by atoms with E-state index >= 15 is 0 Å². The minimum absolute atomic E-state index is 0.0526. The van der Waals surface area contributed by atoms with E-state index in [0.717, 1.165) is 42.5 Å². The van der Waals surface area contributed by atoms with Crippen molar-refractivity contribution < 1.29 is 4.79 Å². The number of nitrogens with one attached hydrogen (secondary N) is 5. The van der Waals surface area contributed by atoms with E-state index in [0.29, 0.717) is 29.9 Å². The molecule has 0 radical (unpaired) electrons. The van der Waals surface area contributed by atoms with Crippen molar-refractivity contribution in [2.75, 3.05) is 25.9 Å². The highest BCUT2D eigenvalue weighted by Crippen LogP contribution is 2.23. The second kappa shape index (κ2) is 12.3. The first kappa shape index (κ1) is 24.0. The molecule has 178 valence electrons. The molecule has 8 heteroatoms. The number of carbonyl (C=O) groups is 1. The topological polar surface area (TPSA) is 90.1 Å². The zero-order valence-electron chi connectivity index (χ0n) is 19.4. The number of pyridine rings is 1. The molecular formula is C24H40N6OS. The molecule has 3 aliphatic rings. The van der Waals surface area contributed by atoms with Gasteiger partial charge in [0.15, 0.2) is 0 Å². The fraction of sp³-hybridized carbons (Fsp3) is 0.750. The lowest BCUT2D eigenvalue weighted by atomic mass is 9.89. The van der Waals surface area contributed by atoms with Crippen LogP contribution in [0.25, 0.3) is 0 Å². The van der Waals surface area contributed by atoms with E-state index in [1.807, 2.05) is 0 Å². The van der Waals surface area contributed by atoms with E-state index < -0.39 is 0 Å². The number of hydrogen-bond donors (Lipinski definition) is 5. The van der Waals surface area contributed by atoms with Crippen molar-refractivity contribution in [2.24, 2.45) is 0 Å². The molecule has 2 fully saturated rings. The average Bonchev–Trinajstić information content (AvgIpc) is 2.83. The third kappa shape index (κ3) is 6.90. The number of carbonyl (C=O) groups excluding carboxylic acids is 1. The lowest BCUT2D eigenvalue weighted by molar-refractivity contribution is -0.118. The van der Waals surface area contributed by atoms with Gasteiger partial charge in [-0.2, -0.15) is 0 Å². The molecule has 5 N–H and O–H groups in total. The van der Waals surface area contributed by atoms with Crippen molar-refractivity contribution in [2.45, 2.75) is 93.5 Å². The van der Waals surface area contributed by atoms with E-state index in [-0.39, 0.29) is 5.91 Å². The highest BCUT2D eigenvalue weighted by molar-refractivity contribution is 8.00. The number of amides is 1. The Balaban J connectivity index is 1.52. The van der Waals surface area contributed by atoms with Gasteiger partial charge in [0.05, 0.1) is 17.1 Å². The Morgan fingerprint density at radius 3 is 1.81 bits per heavy atom. The van der Waals surface area contributed by atoms with Gasteiger partial charge in [-0.3, -0.25) is 9.78 Å². The van der Waals surface area contributed by atoms with Crippen molar-refractivity contribution >= 4 is 17.7 Å². The summed E-state index contributed by atoms with van der Waals surface area (Å²) in [6.45, 7) is 3.60. The summed E-state index contributed by atoms with van der Waals surface area (Å²) in [6, 6.07) is 6.34. The quantitative estimate of drug-likeness (QED) is 0.440. The first-order valence-electron chi connectivity index (χ1n) is 12.5. The van der Waals surface area contributed by atoms with Crippen LogP contribution in [0.3, 0.4) is 0 Å². The van der Waals surface area contributed by atoms with Crippen LogP contribution < -0.4 is 26.6 Å². The van der Waals surface area contributed by atoms with Crippen LogP contribution in [0.5, 0.6) is 0 Å². The molecule has 4 rings (SSSR count). The van der Waals surface area contributed by atoms with Crippen molar-refractivity contribution in [3.63, 3.8) is 0 Å². The Hall–Kier alpha value is -1.19. The number of rotatable bonds is 3. The molecule has 2 bridgehead atoms. The van der Waals surface area contributed by atoms with Crippen molar-refractivity contribution in [3.8, 4) is 0 Å². The number of hydrogen-bond acceptors (Lipinski definition) is 7. The van der Waals surface area contributed by atoms with Crippen LogP contribution in [0.15, 0.2) is 17.0 Å². The standard InChI is InChI=1S/C24H40N6OS/c1-25-24(31)16-32-19-12-17-14-28-22-8-4-2-6-20(22)26-10-11-27-21-7-3-5-9-23(21)29-15-18(13-19)30-17/h12-13,20-23,26-29H,2-11,14-16H2,1H3,(H,25,31)/t20-,21?,22-,23?/m1/s1. The fourth-order valence-electron chi connectivity index (χ4n) is 5.33. The molecule has 1 aliphatic heterocycles. The Kier molecular flexibility index (Phi) is 9.22. The van der Waals surface area contributed by atoms with Gasteiger partial charge < -0.3 is 26.6 Å². The van der Waals surface area contributed by atoms with Gasteiger partial charge in [0.1, 0.15) is 0 Å².